The molecule has 0 saturated heterocycles. The van der Waals surface area contributed by atoms with E-state index in [1.54, 1.807) is 12.1 Å². The van der Waals surface area contributed by atoms with Crippen molar-refractivity contribution in [2.45, 2.75) is 64.5 Å². The van der Waals surface area contributed by atoms with Crippen molar-refractivity contribution in [2.24, 2.45) is 0 Å². The summed E-state index contributed by atoms with van der Waals surface area (Å²) >= 11 is 0. The zero-order valence-electron chi connectivity index (χ0n) is 13.8. The van der Waals surface area contributed by atoms with Gasteiger partial charge in [0, 0.05) is 13.2 Å². The molecule has 2 nitrogen and oxygen atoms in total. The molecular formula is C18H28FNO. The van der Waals surface area contributed by atoms with Gasteiger partial charge in [-0.1, -0.05) is 6.92 Å². The largest absolute Gasteiger partial charge is 0.378 e. The summed E-state index contributed by atoms with van der Waals surface area (Å²) < 4.78 is 19.4. The van der Waals surface area contributed by atoms with Gasteiger partial charge in [-0.25, -0.2) is 4.39 Å². The van der Waals surface area contributed by atoms with Crippen LogP contribution in [0.25, 0.3) is 0 Å². The van der Waals surface area contributed by atoms with Crippen molar-refractivity contribution in [2.75, 3.05) is 13.7 Å². The smallest absolute Gasteiger partial charge is 0.123 e. The topological polar surface area (TPSA) is 21.3 Å². The third-order valence-corrected chi connectivity index (χ3v) is 4.82. The van der Waals surface area contributed by atoms with E-state index < -0.39 is 0 Å². The predicted molar refractivity (Wildman–Crippen MR) is 85.1 cm³/mol. The van der Waals surface area contributed by atoms with Gasteiger partial charge in [-0.05, 0) is 81.3 Å². The molecule has 1 aromatic rings. The van der Waals surface area contributed by atoms with Gasteiger partial charge in [-0.3, -0.25) is 0 Å². The average Bonchev–Trinajstić information content (AvgIpc) is 2.38. The third-order valence-electron chi connectivity index (χ3n) is 4.82. The lowest BCUT2D eigenvalue weighted by molar-refractivity contribution is -0.0838. The lowest BCUT2D eigenvalue weighted by Gasteiger charge is -2.43. The van der Waals surface area contributed by atoms with Crippen LogP contribution in [0.2, 0.25) is 0 Å². The summed E-state index contributed by atoms with van der Waals surface area (Å²) in [6.45, 7) is 7.16. The van der Waals surface area contributed by atoms with Crippen LogP contribution in [0.4, 0.5) is 4.39 Å². The van der Waals surface area contributed by atoms with Crippen molar-refractivity contribution in [3.05, 3.63) is 34.6 Å². The van der Waals surface area contributed by atoms with E-state index in [1.807, 2.05) is 21.0 Å². The molecule has 2 rings (SSSR count). The first-order valence-corrected chi connectivity index (χ1v) is 8.06. The first-order chi connectivity index (χ1) is 10.0. The molecule has 1 aliphatic carbocycles. The lowest BCUT2D eigenvalue weighted by Crippen LogP contribution is -2.43. The van der Waals surface area contributed by atoms with Gasteiger partial charge in [0.05, 0.1) is 5.60 Å². The minimum absolute atomic E-state index is 0.0126. The Morgan fingerprint density at radius 1 is 1.29 bits per heavy atom. The van der Waals surface area contributed by atoms with Crippen molar-refractivity contribution in [1.29, 1.82) is 0 Å². The van der Waals surface area contributed by atoms with Gasteiger partial charge in [-0.2, -0.15) is 0 Å². The van der Waals surface area contributed by atoms with Gasteiger partial charge in [0.1, 0.15) is 5.82 Å². The summed E-state index contributed by atoms with van der Waals surface area (Å²) in [7, 11) is 1.82. The van der Waals surface area contributed by atoms with Gasteiger partial charge < -0.3 is 10.1 Å². The Bertz CT molecular complexity index is 454. The van der Waals surface area contributed by atoms with Crippen LogP contribution >= 0.6 is 0 Å². The Kier molecular flexibility index (Phi) is 5.39. The molecule has 0 aromatic heterocycles. The summed E-state index contributed by atoms with van der Waals surface area (Å²) in [5, 5.41) is 3.64. The zero-order chi connectivity index (χ0) is 15.5. The van der Waals surface area contributed by atoms with Crippen LogP contribution < -0.4 is 5.32 Å². The Morgan fingerprint density at radius 3 is 2.33 bits per heavy atom. The van der Waals surface area contributed by atoms with E-state index in [1.165, 1.54) is 12.0 Å². The molecule has 0 spiro atoms. The normalized spacial score (nSPS) is 18.3. The number of ether oxygens (including phenoxy) is 1. The maximum atomic E-state index is 13.6. The minimum Gasteiger partial charge on any atom is -0.378 e. The molecule has 0 aliphatic heterocycles. The molecule has 1 unspecified atom stereocenters. The fourth-order valence-corrected chi connectivity index (χ4v) is 3.50. The van der Waals surface area contributed by atoms with Gasteiger partial charge in [0.25, 0.3) is 0 Å². The van der Waals surface area contributed by atoms with Crippen molar-refractivity contribution in [3.8, 4) is 0 Å². The van der Waals surface area contributed by atoms with Gasteiger partial charge in [-0.15, -0.1) is 0 Å². The summed E-state index contributed by atoms with van der Waals surface area (Å²) in [6.07, 6.45) is 5.57. The monoisotopic (exact) mass is 293 g/mol. The fourth-order valence-electron chi connectivity index (χ4n) is 3.50. The highest BCUT2D eigenvalue weighted by Gasteiger charge is 2.39. The molecule has 1 N–H and O–H groups in total. The van der Waals surface area contributed by atoms with E-state index in [0.717, 1.165) is 43.4 Å². The van der Waals surface area contributed by atoms with Crippen LogP contribution in [0.15, 0.2) is 12.1 Å². The second-order valence-corrected chi connectivity index (χ2v) is 6.40. The Morgan fingerprint density at radius 2 is 1.90 bits per heavy atom. The quantitative estimate of drug-likeness (QED) is 0.802. The molecule has 0 heterocycles. The number of hydrogen-bond donors (Lipinski definition) is 1. The molecule has 3 heteroatoms. The molecule has 1 saturated carbocycles. The number of hydrogen-bond acceptors (Lipinski definition) is 2. The molecule has 1 atom stereocenters. The number of halogens is 1. The van der Waals surface area contributed by atoms with Crippen LogP contribution in [0.1, 0.15) is 61.8 Å². The van der Waals surface area contributed by atoms with Gasteiger partial charge in [0.2, 0.25) is 0 Å². The fraction of sp³-hybridized carbons (Fsp3) is 0.667. The van der Waals surface area contributed by atoms with E-state index in [4.69, 9.17) is 4.74 Å². The number of benzene rings is 1. The van der Waals surface area contributed by atoms with Gasteiger partial charge in [0.15, 0.2) is 0 Å². The summed E-state index contributed by atoms with van der Waals surface area (Å²) in [4.78, 5) is 0. The molecule has 0 radical (unpaired) electrons. The van der Waals surface area contributed by atoms with Crippen LogP contribution in [-0.2, 0) is 4.74 Å². The predicted octanol–water partition coefficient (Wildman–Crippen LogP) is 4.44. The molecular weight excluding hydrogens is 265 g/mol. The first kappa shape index (κ1) is 16.4. The summed E-state index contributed by atoms with van der Waals surface area (Å²) in [6, 6.07) is 3.53. The molecule has 118 valence electrons. The lowest BCUT2D eigenvalue weighted by atomic mass is 9.74. The molecule has 0 bridgehead atoms. The van der Waals surface area contributed by atoms with Crippen LogP contribution in [0.3, 0.4) is 0 Å². The van der Waals surface area contributed by atoms with Crippen molar-refractivity contribution >= 4 is 0 Å². The highest BCUT2D eigenvalue weighted by molar-refractivity contribution is 5.37. The highest BCUT2D eigenvalue weighted by Crippen LogP contribution is 2.42. The van der Waals surface area contributed by atoms with Crippen molar-refractivity contribution < 1.29 is 9.13 Å². The van der Waals surface area contributed by atoms with Crippen LogP contribution in [0.5, 0.6) is 0 Å². The standard InChI is InChI=1S/C18H28FNO/c1-5-9-20-16(12-18(21-4)7-6-8-18)17-13(2)10-15(19)11-14(17)3/h10-11,16,20H,5-9,12H2,1-4H3. The first-order valence-electron chi connectivity index (χ1n) is 8.06. The summed E-state index contributed by atoms with van der Waals surface area (Å²) in [5.74, 6) is -0.145. The molecule has 1 aromatic carbocycles. The van der Waals surface area contributed by atoms with Gasteiger partial charge >= 0.3 is 0 Å². The number of aryl methyl sites for hydroxylation is 2. The second kappa shape index (κ2) is 6.89. The Balaban J connectivity index is 2.27. The Hall–Kier alpha value is -0.930. The van der Waals surface area contributed by atoms with Crippen molar-refractivity contribution in [1.82, 2.24) is 5.32 Å². The highest BCUT2D eigenvalue weighted by atomic mass is 19.1. The maximum absolute atomic E-state index is 13.6. The molecule has 1 aliphatic rings. The van der Waals surface area contributed by atoms with E-state index in [2.05, 4.69) is 12.2 Å². The van der Waals surface area contributed by atoms with E-state index in [0.29, 0.717) is 0 Å². The van der Waals surface area contributed by atoms with Crippen molar-refractivity contribution in [3.63, 3.8) is 0 Å². The van der Waals surface area contributed by atoms with Crippen LogP contribution in [0, 0.1) is 19.7 Å². The van der Waals surface area contributed by atoms with E-state index >= 15 is 0 Å². The minimum atomic E-state index is -0.145. The third kappa shape index (κ3) is 3.64. The maximum Gasteiger partial charge on any atom is 0.123 e. The molecule has 1 fully saturated rings. The Labute approximate surface area is 128 Å². The number of methoxy groups -OCH3 is 1. The molecule has 0 amide bonds. The number of nitrogens with one attached hydrogen (secondary N) is 1. The van der Waals surface area contributed by atoms with E-state index in [-0.39, 0.29) is 17.5 Å². The van der Waals surface area contributed by atoms with E-state index in [9.17, 15) is 4.39 Å². The SMILES string of the molecule is CCCNC(CC1(OC)CCC1)c1c(C)cc(F)cc1C. The van der Waals surface area contributed by atoms with Crippen LogP contribution in [-0.4, -0.2) is 19.3 Å². The zero-order valence-corrected chi connectivity index (χ0v) is 13.8. The summed E-state index contributed by atoms with van der Waals surface area (Å²) in [5.41, 5.74) is 3.32. The number of rotatable bonds is 7. The molecule has 21 heavy (non-hydrogen) atoms. The second-order valence-electron chi connectivity index (χ2n) is 6.40. The average molecular weight is 293 g/mol.